The minimum absolute atomic E-state index is 0.240. The van der Waals surface area contributed by atoms with Crippen LogP contribution in [0, 0.1) is 0 Å². The van der Waals surface area contributed by atoms with Crippen molar-refractivity contribution in [3.63, 3.8) is 0 Å². The van der Waals surface area contributed by atoms with Gasteiger partial charge in [-0.25, -0.2) is 0 Å². The normalized spacial score (nSPS) is 10.4. The maximum absolute atomic E-state index is 12.0. The molecule has 5 nitrogen and oxygen atoms in total. The lowest BCUT2D eigenvalue weighted by molar-refractivity contribution is 0.0995. The Morgan fingerprint density at radius 1 is 1.29 bits per heavy atom. The highest BCUT2D eigenvalue weighted by molar-refractivity contribution is 9.10. The van der Waals surface area contributed by atoms with E-state index in [-0.39, 0.29) is 11.7 Å². The van der Waals surface area contributed by atoms with Crippen molar-refractivity contribution in [3.05, 3.63) is 46.8 Å². The van der Waals surface area contributed by atoms with Crippen molar-refractivity contribution in [1.29, 1.82) is 0 Å². The highest BCUT2D eigenvalue weighted by Gasteiger charge is 2.10. The molecule has 112 valence electrons. The second kappa shape index (κ2) is 7.85. The summed E-state index contributed by atoms with van der Waals surface area (Å²) in [6, 6.07) is 10.4. The largest absolute Gasteiger partial charge is 0.491 e. The SMILES string of the molecule is CCOCCOc1cccc(NC(=O)c2ccc(Br)o2)c1. The molecular formula is C15H16BrNO4. The van der Waals surface area contributed by atoms with E-state index in [1.54, 1.807) is 24.3 Å². The molecule has 0 aliphatic heterocycles. The average molecular weight is 354 g/mol. The first-order chi connectivity index (χ1) is 10.2. The number of rotatable bonds is 7. The van der Waals surface area contributed by atoms with Crippen LogP contribution in [0.1, 0.15) is 17.5 Å². The third-order valence-corrected chi connectivity index (χ3v) is 3.02. The quantitative estimate of drug-likeness (QED) is 0.770. The van der Waals surface area contributed by atoms with Gasteiger partial charge < -0.3 is 19.2 Å². The first-order valence-electron chi connectivity index (χ1n) is 6.56. The van der Waals surface area contributed by atoms with E-state index in [4.69, 9.17) is 13.9 Å². The molecule has 1 amide bonds. The fourth-order valence-corrected chi connectivity index (χ4v) is 1.96. The molecule has 0 aliphatic rings. The molecule has 0 unspecified atom stereocenters. The van der Waals surface area contributed by atoms with Crippen molar-refractivity contribution in [2.45, 2.75) is 6.92 Å². The summed E-state index contributed by atoms with van der Waals surface area (Å²) in [5.41, 5.74) is 0.640. The lowest BCUT2D eigenvalue weighted by atomic mass is 10.3. The molecule has 1 N–H and O–H groups in total. The first-order valence-corrected chi connectivity index (χ1v) is 7.35. The van der Waals surface area contributed by atoms with Crippen LogP contribution in [0.4, 0.5) is 5.69 Å². The molecule has 0 saturated heterocycles. The predicted molar refractivity (Wildman–Crippen MR) is 82.8 cm³/mol. The maximum atomic E-state index is 12.0. The summed E-state index contributed by atoms with van der Waals surface area (Å²) >= 11 is 3.16. The molecule has 0 saturated carbocycles. The summed E-state index contributed by atoms with van der Waals surface area (Å²) < 4.78 is 16.4. The second-order valence-electron chi connectivity index (χ2n) is 4.13. The van der Waals surface area contributed by atoms with Crippen LogP contribution in [0.3, 0.4) is 0 Å². The number of anilines is 1. The number of amides is 1. The summed E-state index contributed by atoms with van der Waals surface area (Å²) in [5, 5.41) is 2.75. The molecule has 2 rings (SSSR count). The van der Waals surface area contributed by atoms with Crippen molar-refractivity contribution in [2.24, 2.45) is 0 Å². The monoisotopic (exact) mass is 353 g/mol. The number of ether oxygens (including phenoxy) is 2. The molecule has 0 fully saturated rings. The van der Waals surface area contributed by atoms with Gasteiger partial charge in [-0.1, -0.05) is 6.07 Å². The van der Waals surface area contributed by atoms with E-state index in [0.29, 0.717) is 35.9 Å². The number of halogens is 1. The van der Waals surface area contributed by atoms with E-state index in [1.165, 1.54) is 0 Å². The van der Waals surface area contributed by atoms with Gasteiger partial charge >= 0.3 is 0 Å². The van der Waals surface area contributed by atoms with Crippen LogP contribution >= 0.6 is 15.9 Å². The van der Waals surface area contributed by atoms with E-state index in [0.717, 1.165) is 0 Å². The van der Waals surface area contributed by atoms with Gasteiger partial charge in [0.15, 0.2) is 10.4 Å². The fraction of sp³-hybridized carbons (Fsp3) is 0.267. The Balaban J connectivity index is 1.92. The molecular weight excluding hydrogens is 338 g/mol. The standard InChI is InChI=1S/C15H16BrNO4/c1-2-19-8-9-20-12-5-3-4-11(10-12)17-15(18)13-6-7-14(16)21-13/h3-7,10H,2,8-9H2,1H3,(H,17,18). The first kappa shape index (κ1) is 15.6. The van der Waals surface area contributed by atoms with E-state index < -0.39 is 0 Å². The smallest absolute Gasteiger partial charge is 0.291 e. The van der Waals surface area contributed by atoms with Crippen LogP contribution in [0.5, 0.6) is 5.75 Å². The van der Waals surface area contributed by atoms with Crippen molar-refractivity contribution in [1.82, 2.24) is 0 Å². The Morgan fingerprint density at radius 2 is 2.14 bits per heavy atom. The van der Waals surface area contributed by atoms with Crippen molar-refractivity contribution >= 4 is 27.5 Å². The predicted octanol–water partition coefficient (Wildman–Crippen LogP) is 3.71. The van der Waals surface area contributed by atoms with Gasteiger partial charge in [0.25, 0.3) is 5.91 Å². The maximum Gasteiger partial charge on any atom is 0.291 e. The van der Waals surface area contributed by atoms with Gasteiger partial charge in [0.05, 0.1) is 6.61 Å². The van der Waals surface area contributed by atoms with Crippen LogP contribution < -0.4 is 10.1 Å². The summed E-state index contributed by atoms with van der Waals surface area (Å²) in [4.78, 5) is 12.0. The van der Waals surface area contributed by atoms with Gasteiger partial charge in [-0.2, -0.15) is 0 Å². The summed E-state index contributed by atoms with van der Waals surface area (Å²) in [5.74, 6) is 0.602. The molecule has 0 aliphatic carbocycles. The lowest BCUT2D eigenvalue weighted by Gasteiger charge is -2.08. The van der Waals surface area contributed by atoms with E-state index >= 15 is 0 Å². The Hall–Kier alpha value is -1.79. The highest BCUT2D eigenvalue weighted by Crippen LogP contribution is 2.19. The Morgan fingerprint density at radius 3 is 2.86 bits per heavy atom. The molecule has 1 heterocycles. The Labute approximate surface area is 131 Å². The van der Waals surface area contributed by atoms with Crippen molar-refractivity contribution in [3.8, 4) is 5.75 Å². The number of carbonyl (C=O) groups excluding carboxylic acids is 1. The van der Waals surface area contributed by atoms with Gasteiger partial charge in [0, 0.05) is 18.4 Å². The third kappa shape index (κ3) is 4.91. The molecule has 0 spiro atoms. The molecule has 1 aromatic carbocycles. The van der Waals surface area contributed by atoms with Crippen molar-refractivity contribution in [2.75, 3.05) is 25.1 Å². The second-order valence-corrected chi connectivity index (χ2v) is 4.91. The van der Waals surface area contributed by atoms with Crippen LogP contribution in [-0.4, -0.2) is 25.7 Å². The summed E-state index contributed by atoms with van der Waals surface area (Å²) in [6.07, 6.45) is 0. The number of hydrogen-bond acceptors (Lipinski definition) is 4. The van der Waals surface area contributed by atoms with Gasteiger partial charge in [0.2, 0.25) is 0 Å². The van der Waals surface area contributed by atoms with Crippen molar-refractivity contribution < 1.29 is 18.7 Å². The summed E-state index contributed by atoms with van der Waals surface area (Å²) in [6.45, 7) is 3.60. The molecule has 6 heteroatoms. The summed E-state index contributed by atoms with van der Waals surface area (Å²) in [7, 11) is 0. The van der Waals surface area contributed by atoms with Gasteiger partial charge in [-0.05, 0) is 47.1 Å². The lowest BCUT2D eigenvalue weighted by Crippen LogP contribution is -2.11. The number of hydrogen-bond donors (Lipinski definition) is 1. The Kier molecular flexibility index (Phi) is 5.83. The molecule has 1 aromatic heterocycles. The number of furan rings is 1. The van der Waals surface area contributed by atoms with E-state index in [1.807, 2.05) is 19.1 Å². The highest BCUT2D eigenvalue weighted by atomic mass is 79.9. The molecule has 0 atom stereocenters. The number of carbonyl (C=O) groups is 1. The minimum Gasteiger partial charge on any atom is -0.491 e. The number of benzene rings is 1. The van der Waals surface area contributed by atoms with E-state index in [9.17, 15) is 4.79 Å². The third-order valence-electron chi connectivity index (χ3n) is 2.59. The van der Waals surface area contributed by atoms with Crippen LogP contribution in [0.25, 0.3) is 0 Å². The fourth-order valence-electron chi connectivity index (χ4n) is 1.66. The molecule has 2 aromatic rings. The zero-order chi connectivity index (χ0) is 15.1. The van der Waals surface area contributed by atoms with E-state index in [2.05, 4.69) is 21.2 Å². The molecule has 0 radical (unpaired) electrons. The van der Waals surface area contributed by atoms with Crippen LogP contribution in [0.2, 0.25) is 0 Å². The van der Waals surface area contributed by atoms with Crippen LogP contribution in [0.15, 0.2) is 45.5 Å². The van der Waals surface area contributed by atoms with Gasteiger partial charge in [-0.3, -0.25) is 4.79 Å². The zero-order valence-corrected chi connectivity index (χ0v) is 13.2. The average Bonchev–Trinajstić information content (AvgIpc) is 2.91. The van der Waals surface area contributed by atoms with Crippen LogP contribution in [-0.2, 0) is 4.74 Å². The zero-order valence-electron chi connectivity index (χ0n) is 11.6. The van der Waals surface area contributed by atoms with Gasteiger partial charge in [-0.15, -0.1) is 0 Å². The number of nitrogens with one attached hydrogen (secondary N) is 1. The van der Waals surface area contributed by atoms with Gasteiger partial charge in [0.1, 0.15) is 12.4 Å². The topological polar surface area (TPSA) is 60.7 Å². The minimum atomic E-state index is -0.313. The molecule has 0 bridgehead atoms. The Bertz CT molecular complexity index is 597. The molecule has 21 heavy (non-hydrogen) atoms.